The van der Waals surface area contributed by atoms with Gasteiger partial charge in [0.1, 0.15) is 4.88 Å². The summed E-state index contributed by atoms with van der Waals surface area (Å²) >= 11 is 1.26. The number of thiophene rings is 1. The van der Waals surface area contributed by atoms with E-state index in [0.717, 1.165) is 26.2 Å². The van der Waals surface area contributed by atoms with Gasteiger partial charge >= 0.3 is 5.97 Å². The smallest absolute Gasteiger partial charge is 0.350 e. The van der Waals surface area contributed by atoms with E-state index in [1.54, 1.807) is 11.4 Å². The maximum Gasteiger partial charge on any atom is 0.350 e. The normalized spacial score (nSPS) is 16.9. The van der Waals surface area contributed by atoms with E-state index < -0.39 is 5.97 Å². The number of rotatable bonds is 4. The van der Waals surface area contributed by atoms with Crippen LogP contribution in [0.15, 0.2) is 11.4 Å². The molecule has 2 heterocycles. The lowest BCUT2D eigenvalue weighted by Crippen LogP contribution is -2.47. The molecular weight excluding hydrogens is 278 g/mol. The third kappa shape index (κ3) is 3.78. The molecule has 0 saturated carbocycles. The SMILES string of the molecule is COC(=O)c1sccc1NC(=O)CN1CCN(C)CC1. The molecule has 0 spiro atoms. The highest BCUT2D eigenvalue weighted by Gasteiger charge is 2.19. The van der Waals surface area contributed by atoms with E-state index in [0.29, 0.717) is 17.1 Å². The predicted molar refractivity (Wildman–Crippen MR) is 78.2 cm³/mol. The Balaban J connectivity index is 1.88. The molecule has 2 rings (SSSR count). The zero-order valence-corrected chi connectivity index (χ0v) is 12.5. The average molecular weight is 297 g/mol. The Morgan fingerprint density at radius 1 is 1.35 bits per heavy atom. The van der Waals surface area contributed by atoms with Gasteiger partial charge in [-0.3, -0.25) is 9.69 Å². The fourth-order valence-corrected chi connectivity index (χ4v) is 2.82. The molecule has 0 aromatic carbocycles. The van der Waals surface area contributed by atoms with E-state index >= 15 is 0 Å². The molecule has 1 aromatic heterocycles. The Morgan fingerprint density at radius 3 is 2.70 bits per heavy atom. The molecule has 0 atom stereocenters. The number of methoxy groups -OCH3 is 1. The van der Waals surface area contributed by atoms with Crippen LogP contribution < -0.4 is 5.32 Å². The first-order chi connectivity index (χ1) is 9.60. The van der Waals surface area contributed by atoms with Crippen LogP contribution in [0.5, 0.6) is 0 Å². The highest BCUT2D eigenvalue weighted by atomic mass is 32.1. The van der Waals surface area contributed by atoms with Crippen molar-refractivity contribution in [3.05, 3.63) is 16.3 Å². The number of ether oxygens (including phenoxy) is 1. The minimum Gasteiger partial charge on any atom is -0.465 e. The molecule has 1 aliphatic heterocycles. The number of piperazine rings is 1. The Hall–Kier alpha value is -1.44. The molecule has 6 nitrogen and oxygen atoms in total. The summed E-state index contributed by atoms with van der Waals surface area (Å²) in [6, 6.07) is 1.72. The quantitative estimate of drug-likeness (QED) is 0.830. The van der Waals surface area contributed by atoms with Gasteiger partial charge < -0.3 is 15.0 Å². The van der Waals surface area contributed by atoms with Crippen LogP contribution in [0.25, 0.3) is 0 Å². The minimum atomic E-state index is -0.421. The first-order valence-electron chi connectivity index (χ1n) is 6.46. The van der Waals surface area contributed by atoms with Crippen molar-refractivity contribution in [3.63, 3.8) is 0 Å². The minimum absolute atomic E-state index is 0.0990. The van der Waals surface area contributed by atoms with E-state index in [9.17, 15) is 9.59 Å². The van der Waals surface area contributed by atoms with E-state index in [2.05, 4.69) is 26.9 Å². The van der Waals surface area contributed by atoms with Crippen LogP contribution in [0.3, 0.4) is 0 Å². The maximum absolute atomic E-state index is 12.0. The van der Waals surface area contributed by atoms with Gasteiger partial charge in [-0.05, 0) is 18.5 Å². The number of nitrogens with zero attached hydrogens (tertiary/aromatic N) is 2. The van der Waals surface area contributed by atoms with Crippen molar-refractivity contribution in [2.24, 2.45) is 0 Å². The summed E-state index contributed by atoms with van der Waals surface area (Å²) in [5.41, 5.74) is 0.529. The second kappa shape index (κ2) is 6.83. The number of hydrogen-bond acceptors (Lipinski definition) is 6. The van der Waals surface area contributed by atoms with Crippen LogP contribution in [0.4, 0.5) is 5.69 Å². The molecule has 0 unspecified atom stereocenters. The Kier molecular flexibility index (Phi) is 5.11. The third-order valence-corrected chi connectivity index (χ3v) is 4.17. The molecule has 1 aliphatic rings. The van der Waals surface area contributed by atoms with Crippen molar-refractivity contribution in [3.8, 4) is 0 Å². The molecule has 1 amide bonds. The number of carbonyl (C=O) groups is 2. The molecule has 20 heavy (non-hydrogen) atoms. The van der Waals surface area contributed by atoms with Crippen LogP contribution in [-0.4, -0.2) is 68.6 Å². The monoisotopic (exact) mass is 297 g/mol. The van der Waals surface area contributed by atoms with Crippen molar-refractivity contribution in [1.82, 2.24) is 9.80 Å². The lowest BCUT2D eigenvalue weighted by molar-refractivity contribution is -0.117. The number of likely N-dealkylation sites (N-methyl/N-ethyl adjacent to an activating group) is 1. The molecule has 7 heteroatoms. The standard InChI is InChI=1S/C13H19N3O3S/c1-15-4-6-16(7-5-15)9-11(17)14-10-3-8-20-12(10)13(18)19-2/h3,8H,4-7,9H2,1-2H3,(H,14,17). The predicted octanol–water partition coefficient (Wildman–Crippen LogP) is 0.721. The van der Waals surface area contributed by atoms with Crippen LogP contribution in [0.2, 0.25) is 0 Å². The van der Waals surface area contributed by atoms with E-state index in [4.69, 9.17) is 0 Å². The molecular formula is C13H19N3O3S. The lowest BCUT2D eigenvalue weighted by Gasteiger charge is -2.31. The summed E-state index contributed by atoms with van der Waals surface area (Å²) < 4.78 is 4.68. The van der Waals surface area contributed by atoms with Gasteiger partial charge in [0.2, 0.25) is 5.91 Å². The fraction of sp³-hybridized carbons (Fsp3) is 0.538. The molecule has 1 N–H and O–H groups in total. The third-order valence-electron chi connectivity index (χ3n) is 3.27. The number of carbonyl (C=O) groups excluding carboxylic acids is 2. The molecule has 0 radical (unpaired) electrons. The first-order valence-corrected chi connectivity index (χ1v) is 7.34. The fourth-order valence-electron chi connectivity index (χ4n) is 2.06. The second-order valence-corrected chi connectivity index (χ2v) is 5.70. The summed E-state index contributed by atoms with van der Waals surface area (Å²) in [5.74, 6) is -0.520. The summed E-state index contributed by atoms with van der Waals surface area (Å²) in [4.78, 5) is 28.3. The van der Waals surface area contributed by atoms with Gasteiger partial charge in [-0.2, -0.15) is 0 Å². The topological polar surface area (TPSA) is 61.9 Å². The summed E-state index contributed by atoms with van der Waals surface area (Å²) in [6.45, 7) is 4.07. The van der Waals surface area contributed by atoms with Crippen molar-refractivity contribution < 1.29 is 14.3 Å². The first kappa shape index (κ1) is 15.0. The van der Waals surface area contributed by atoms with Gasteiger partial charge in [-0.15, -0.1) is 11.3 Å². The second-order valence-electron chi connectivity index (χ2n) is 4.78. The number of amides is 1. The van der Waals surface area contributed by atoms with Crippen LogP contribution in [-0.2, 0) is 9.53 Å². The van der Waals surface area contributed by atoms with Crippen molar-refractivity contribution >= 4 is 28.9 Å². The molecule has 0 bridgehead atoms. The van der Waals surface area contributed by atoms with Gasteiger partial charge in [0.05, 0.1) is 19.3 Å². The largest absolute Gasteiger partial charge is 0.465 e. The highest BCUT2D eigenvalue weighted by Crippen LogP contribution is 2.23. The van der Waals surface area contributed by atoms with Crippen molar-refractivity contribution in [2.45, 2.75) is 0 Å². The van der Waals surface area contributed by atoms with Crippen LogP contribution >= 0.6 is 11.3 Å². The molecule has 1 aromatic rings. The van der Waals surface area contributed by atoms with E-state index in [-0.39, 0.29) is 5.91 Å². The van der Waals surface area contributed by atoms with E-state index in [1.165, 1.54) is 18.4 Å². The molecule has 1 saturated heterocycles. The molecule has 0 aliphatic carbocycles. The van der Waals surface area contributed by atoms with Gasteiger partial charge in [-0.1, -0.05) is 0 Å². The van der Waals surface area contributed by atoms with Gasteiger partial charge in [0.25, 0.3) is 0 Å². The van der Waals surface area contributed by atoms with Gasteiger partial charge in [0.15, 0.2) is 0 Å². The number of nitrogens with one attached hydrogen (secondary N) is 1. The highest BCUT2D eigenvalue weighted by molar-refractivity contribution is 7.12. The van der Waals surface area contributed by atoms with E-state index in [1.807, 2.05) is 0 Å². The molecule has 110 valence electrons. The average Bonchev–Trinajstić information content (AvgIpc) is 2.88. The number of hydrogen-bond donors (Lipinski definition) is 1. The number of esters is 1. The molecule has 1 fully saturated rings. The van der Waals surface area contributed by atoms with Gasteiger partial charge in [0, 0.05) is 26.2 Å². The maximum atomic E-state index is 12.0. The van der Waals surface area contributed by atoms with Crippen molar-refractivity contribution in [2.75, 3.05) is 52.2 Å². The summed E-state index contributed by atoms with van der Waals surface area (Å²) in [5, 5.41) is 4.54. The Bertz CT molecular complexity index is 481. The van der Waals surface area contributed by atoms with Crippen LogP contribution in [0.1, 0.15) is 9.67 Å². The summed E-state index contributed by atoms with van der Waals surface area (Å²) in [6.07, 6.45) is 0. The Labute approximate surface area is 122 Å². The Morgan fingerprint density at radius 2 is 2.05 bits per heavy atom. The van der Waals surface area contributed by atoms with Crippen LogP contribution in [0, 0.1) is 0 Å². The zero-order chi connectivity index (χ0) is 14.5. The van der Waals surface area contributed by atoms with Crippen molar-refractivity contribution in [1.29, 1.82) is 0 Å². The zero-order valence-electron chi connectivity index (χ0n) is 11.7. The number of anilines is 1. The van der Waals surface area contributed by atoms with Gasteiger partial charge in [-0.25, -0.2) is 4.79 Å². The summed E-state index contributed by atoms with van der Waals surface area (Å²) in [7, 11) is 3.41. The lowest BCUT2D eigenvalue weighted by atomic mass is 10.3.